The Morgan fingerprint density at radius 1 is 1.40 bits per heavy atom. The Bertz CT molecular complexity index is 572. The van der Waals surface area contributed by atoms with Crippen molar-refractivity contribution in [3.05, 3.63) is 40.2 Å². The van der Waals surface area contributed by atoms with Crippen LogP contribution in [0.2, 0.25) is 0 Å². The lowest BCUT2D eigenvalue weighted by molar-refractivity contribution is 0.112. The number of aromatic nitrogens is 1. The smallest absolute Gasteiger partial charge is 0.259 e. The van der Waals surface area contributed by atoms with Crippen molar-refractivity contribution in [2.75, 3.05) is 7.11 Å². The van der Waals surface area contributed by atoms with Gasteiger partial charge in [-0.15, -0.1) is 0 Å². The molecule has 4 nitrogen and oxygen atoms in total. The maximum atomic E-state index is 11.4. The molecule has 0 bridgehead atoms. The minimum absolute atomic E-state index is 0.121. The zero-order valence-corrected chi connectivity index (χ0v) is 8.11. The Balaban J connectivity index is 2.86. The van der Waals surface area contributed by atoms with Crippen LogP contribution in [-0.4, -0.2) is 18.4 Å². The van der Waals surface area contributed by atoms with Gasteiger partial charge in [-0.25, -0.2) is 0 Å². The third-order valence-electron chi connectivity index (χ3n) is 2.22. The predicted molar refractivity (Wildman–Crippen MR) is 56.5 cm³/mol. The first-order valence-electron chi connectivity index (χ1n) is 4.41. The lowest BCUT2D eigenvalue weighted by atomic mass is 10.1. The number of fused-ring (bicyclic) bond motifs is 1. The zero-order chi connectivity index (χ0) is 10.8. The van der Waals surface area contributed by atoms with E-state index in [1.165, 1.54) is 7.11 Å². The molecule has 0 amide bonds. The van der Waals surface area contributed by atoms with E-state index in [4.69, 9.17) is 4.74 Å². The summed E-state index contributed by atoms with van der Waals surface area (Å²) < 4.78 is 5.10. The van der Waals surface area contributed by atoms with Crippen LogP contribution in [0.3, 0.4) is 0 Å². The maximum Gasteiger partial charge on any atom is 0.259 e. The van der Waals surface area contributed by atoms with Crippen LogP contribution in [0.5, 0.6) is 5.75 Å². The van der Waals surface area contributed by atoms with Gasteiger partial charge in [0.15, 0.2) is 6.29 Å². The number of para-hydroxylation sites is 1. The lowest BCUT2D eigenvalue weighted by Gasteiger charge is -2.04. The van der Waals surface area contributed by atoms with Gasteiger partial charge < -0.3 is 9.72 Å². The number of methoxy groups -OCH3 is 1. The van der Waals surface area contributed by atoms with Crippen molar-refractivity contribution in [1.82, 2.24) is 4.98 Å². The molecule has 2 rings (SSSR count). The first-order chi connectivity index (χ1) is 7.26. The number of pyridine rings is 1. The maximum absolute atomic E-state index is 11.4. The fourth-order valence-corrected chi connectivity index (χ4v) is 1.48. The number of carbonyl (C=O) groups excluding carboxylic acids is 1. The van der Waals surface area contributed by atoms with Crippen LogP contribution < -0.4 is 10.3 Å². The molecular formula is C11H9NO3. The molecule has 0 aliphatic rings. The number of rotatable bonds is 2. The average molecular weight is 203 g/mol. The molecule has 0 saturated heterocycles. The SMILES string of the molecule is COc1cccc2cc(C=O)c(=O)[nH]c12. The molecule has 0 atom stereocenters. The molecule has 0 spiro atoms. The Hall–Kier alpha value is -2.10. The monoisotopic (exact) mass is 203 g/mol. The summed E-state index contributed by atoms with van der Waals surface area (Å²) in [5, 5.41) is 0.774. The molecule has 1 N–H and O–H groups in total. The van der Waals surface area contributed by atoms with Gasteiger partial charge in [-0.1, -0.05) is 12.1 Å². The van der Waals surface area contributed by atoms with Gasteiger partial charge in [0.05, 0.1) is 18.2 Å². The molecule has 0 radical (unpaired) electrons. The highest BCUT2D eigenvalue weighted by molar-refractivity contribution is 5.89. The summed E-state index contributed by atoms with van der Waals surface area (Å²) in [6.07, 6.45) is 0.539. The van der Waals surface area contributed by atoms with Crippen molar-refractivity contribution in [1.29, 1.82) is 0 Å². The quantitative estimate of drug-likeness (QED) is 0.749. The van der Waals surface area contributed by atoms with Crippen LogP contribution in [0.4, 0.5) is 0 Å². The van der Waals surface area contributed by atoms with Crippen molar-refractivity contribution in [2.24, 2.45) is 0 Å². The van der Waals surface area contributed by atoms with E-state index in [0.29, 0.717) is 17.6 Å². The second kappa shape index (κ2) is 3.57. The van der Waals surface area contributed by atoms with Gasteiger partial charge in [0.25, 0.3) is 5.56 Å². The highest BCUT2D eigenvalue weighted by Gasteiger charge is 2.05. The summed E-state index contributed by atoms with van der Waals surface area (Å²) in [5.41, 5.74) is 0.327. The number of hydrogen-bond donors (Lipinski definition) is 1. The van der Waals surface area contributed by atoms with E-state index in [1.54, 1.807) is 24.3 Å². The highest BCUT2D eigenvalue weighted by atomic mass is 16.5. The third-order valence-corrected chi connectivity index (χ3v) is 2.22. The fraction of sp³-hybridized carbons (Fsp3) is 0.0909. The van der Waals surface area contributed by atoms with E-state index in [0.717, 1.165) is 5.39 Å². The van der Waals surface area contributed by atoms with Crippen molar-refractivity contribution in [3.63, 3.8) is 0 Å². The number of hydrogen-bond acceptors (Lipinski definition) is 3. The van der Waals surface area contributed by atoms with Gasteiger partial charge in [0.1, 0.15) is 5.75 Å². The summed E-state index contributed by atoms with van der Waals surface area (Å²) in [5.74, 6) is 0.585. The van der Waals surface area contributed by atoms with Crippen LogP contribution in [0.1, 0.15) is 10.4 Å². The minimum Gasteiger partial charge on any atom is -0.495 e. The largest absolute Gasteiger partial charge is 0.495 e. The molecular weight excluding hydrogens is 194 g/mol. The Morgan fingerprint density at radius 2 is 2.20 bits per heavy atom. The molecule has 1 heterocycles. The average Bonchev–Trinajstić information content (AvgIpc) is 2.27. The number of nitrogens with one attached hydrogen (secondary N) is 1. The predicted octanol–water partition coefficient (Wildman–Crippen LogP) is 1.35. The Kier molecular flexibility index (Phi) is 2.25. The van der Waals surface area contributed by atoms with Gasteiger partial charge in [0, 0.05) is 5.39 Å². The number of ether oxygens (including phenoxy) is 1. The van der Waals surface area contributed by atoms with Gasteiger partial charge >= 0.3 is 0 Å². The molecule has 2 aromatic rings. The van der Waals surface area contributed by atoms with Crippen molar-refractivity contribution in [2.45, 2.75) is 0 Å². The van der Waals surface area contributed by atoms with Gasteiger partial charge in [0.2, 0.25) is 0 Å². The van der Waals surface area contributed by atoms with Crippen molar-refractivity contribution >= 4 is 17.2 Å². The molecule has 0 unspecified atom stereocenters. The number of aldehydes is 1. The summed E-state index contributed by atoms with van der Waals surface area (Å²) in [6, 6.07) is 6.90. The zero-order valence-electron chi connectivity index (χ0n) is 8.11. The van der Waals surface area contributed by atoms with E-state index in [1.807, 2.05) is 0 Å². The third kappa shape index (κ3) is 1.50. The summed E-state index contributed by atoms with van der Waals surface area (Å²) in [4.78, 5) is 24.6. The van der Waals surface area contributed by atoms with Crippen LogP contribution in [-0.2, 0) is 0 Å². The normalized spacial score (nSPS) is 10.2. The van der Waals surface area contributed by atoms with E-state index < -0.39 is 5.56 Å². The summed E-state index contributed by atoms with van der Waals surface area (Å²) in [6.45, 7) is 0. The van der Waals surface area contributed by atoms with Crippen LogP contribution in [0.15, 0.2) is 29.1 Å². The lowest BCUT2D eigenvalue weighted by Crippen LogP contribution is -2.11. The molecule has 0 aliphatic heterocycles. The second-order valence-corrected chi connectivity index (χ2v) is 3.10. The minimum atomic E-state index is -0.401. The molecule has 0 fully saturated rings. The van der Waals surface area contributed by atoms with Crippen LogP contribution >= 0.6 is 0 Å². The molecule has 76 valence electrons. The molecule has 15 heavy (non-hydrogen) atoms. The number of benzene rings is 1. The topological polar surface area (TPSA) is 59.2 Å². The standard InChI is InChI=1S/C11H9NO3/c1-15-9-4-2-3-7-5-8(6-13)11(14)12-10(7)9/h2-6H,1H3,(H,12,14). The Labute approximate surface area is 85.5 Å². The van der Waals surface area contributed by atoms with Crippen LogP contribution in [0, 0.1) is 0 Å². The van der Waals surface area contributed by atoms with Crippen molar-refractivity contribution < 1.29 is 9.53 Å². The summed E-state index contributed by atoms with van der Waals surface area (Å²) in [7, 11) is 1.53. The van der Waals surface area contributed by atoms with Crippen molar-refractivity contribution in [3.8, 4) is 5.75 Å². The first kappa shape index (κ1) is 9.45. The highest BCUT2D eigenvalue weighted by Crippen LogP contribution is 2.21. The molecule has 1 aromatic carbocycles. The fourth-order valence-electron chi connectivity index (χ4n) is 1.48. The molecule has 1 aromatic heterocycles. The van der Waals surface area contributed by atoms with Gasteiger partial charge in [-0.2, -0.15) is 0 Å². The first-order valence-corrected chi connectivity index (χ1v) is 4.41. The number of aromatic amines is 1. The van der Waals surface area contributed by atoms with E-state index in [9.17, 15) is 9.59 Å². The number of carbonyl (C=O) groups is 1. The van der Waals surface area contributed by atoms with Crippen LogP contribution in [0.25, 0.3) is 10.9 Å². The molecule has 4 heteroatoms. The summed E-state index contributed by atoms with van der Waals surface area (Å²) >= 11 is 0. The van der Waals surface area contributed by atoms with E-state index in [2.05, 4.69) is 4.98 Å². The van der Waals surface area contributed by atoms with E-state index in [-0.39, 0.29) is 5.56 Å². The molecule has 0 saturated carbocycles. The second-order valence-electron chi connectivity index (χ2n) is 3.10. The van der Waals surface area contributed by atoms with E-state index >= 15 is 0 Å². The number of H-pyrrole nitrogens is 1. The van der Waals surface area contributed by atoms with Gasteiger partial charge in [-0.05, 0) is 12.1 Å². The molecule has 0 aliphatic carbocycles. The Morgan fingerprint density at radius 3 is 2.87 bits per heavy atom. The van der Waals surface area contributed by atoms with Gasteiger partial charge in [-0.3, -0.25) is 9.59 Å².